The molecule has 0 radical (unpaired) electrons. The van der Waals surface area contributed by atoms with Crippen LogP contribution in [0.4, 0.5) is 13.2 Å². The Bertz CT molecular complexity index is 375. The Morgan fingerprint density at radius 1 is 1.30 bits per heavy atom. The molecule has 2 aliphatic rings. The average molecular weight is 358 g/mol. The second kappa shape index (κ2) is 9.08. The lowest BCUT2D eigenvalue weighted by molar-refractivity contribution is -0.184. The fraction of sp³-hybridized carbons (Fsp3) is 0.933. The van der Waals surface area contributed by atoms with Gasteiger partial charge in [-0.15, -0.1) is 12.4 Å². The van der Waals surface area contributed by atoms with E-state index in [4.69, 9.17) is 0 Å². The Labute approximate surface area is 142 Å². The summed E-state index contributed by atoms with van der Waals surface area (Å²) in [5.74, 6) is 0.712. The minimum absolute atomic E-state index is 0. The molecule has 1 saturated carbocycles. The molecule has 1 aliphatic carbocycles. The number of hydrogen-bond acceptors (Lipinski definition) is 3. The van der Waals surface area contributed by atoms with Crippen molar-refractivity contribution in [2.45, 2.75) is 44.8 Å². The van der Waals surface area contributed by atoms with Gasteiger partial charge < -0.3 is 10.6 Å². The smallest absolute Gasteiger partial charge is 0.354 e. The molecular weight excluding hydrogens is 331 g/mol. The molecule has 2 N–H and O–H groups in total. The Balaban J connectivity index is 0.00000264. The maximum Gasteiger partial charge on any atom is 0.405 e. The van der Waals surface area contributed by atoms with E-state index in [1.54, 1.807) is 0 Å². The van der Waals surface area contributed by atoms with E-state index >= 15 is 0 Å². The number of alkyl halides is 3. The van der Waals surface area contributed by atoms with Gasteiger partial charge in [0, 0.05) is 39.1 Å². The van der Waals surface area contributed by atoms with Crippen molar-refractivity contribution in [1.29, 1.82) is 0 Å². The molecule has 1 heterocycles. The van der Waals surface area contributed by atoms with Gasteiger partial charge in [-0.2, -0.15) is 13.2 Å². The number of rotatable bonds is 5. The number of carbonyl (C=O) groups is 1. The van der Waals surface area contributed by atoms with Gasteiger partial charge in [-0.25, -0.2) is 0 Å². The first-order valence-electron chi connectivity index (χ1n) is 8.14. The molecule has 1 amide bonds. The summed E-state index contributed by atoms with van der Waals surface area (Å²) in [6, 6.07) is -1.58. The number of carbonyl (C=O) groups excluding carboxylic acids is 1. The summed E-state index contributed by atoms with van der Waals surface area (Å²) in [4.78, 5) is 13.3. The van der Waals surface area contributed by atoms with Crippen LogP contribution in [-0.2, 0) is 4.79 Å². The SMILES string of the molecule is CC1CCC(CC(=O)NCC(N2CCNCC2)C(F)(F)F)C1.Cl. The monoisotopic (exact) mass is 357 g/mol. The molecular formula is C15H27ClF3N3O. The molecule has 4 nitrogen and oxygen atoms in total. The first-order chi connectivity index (χ1) is 10.4. The van der Waals surface area contributed by atoms with Crippen molar-refractivity contribution >= 4 is 18.3 Å². The summed E-state index contributed by atoms with van der Waals surface area (Å²) in [7, 11) is 0. The molecule has 23 heavy (non-hydrogen) atoms. The van der Waals surface area contributed by atoms with E-state index in [-0.39, 0.29) is 24.9 Å². The van der Waals surface area contributed by atoms with Crippen molar-refractivity contribution in [1.82, 2.24) is 15.5 Å². The molecule has 0 aromatic rings. The van der Waals surface area contributed by atoms with Crippen LogP contribution >= 0.6 is 12.4 Å². The summed E-state index contributed by atoms with van der Waals surface area (Å²) in [6.45, 7) is 3.65. The van der Waals surface area contributed by atoms with Crippen LogP contribution in [-0.4, -0.2) is 55.7 Å². The molecule has 0 aromatic heterocycles. The zero-order valence-electron chi connectivity index (χ0n) is 13.5. The first-order valence-corrected chi connectivity index (χ1v) is 8.14. The summed E-state index contributed by atoms with van der Waals surface area (Å²) in [6.07, 6.45) is -0.824. The lowest BCUT2D eigenvalue weighted by atomic mass is 10.0. The number of piperazine rings is 1. The average Bonchev–Trinajstić information content (AvgIpc) is 2.84. The van der Waals surface area contributed by atoms with Crippen molar-refractivity contribution in [2.24, 2.45) is 11.8 Å². The Hall–Kier alpha value is -0.530. The van der Waals surface area contributed by atoms with E-state index in [0.717, 1.165) is 19.3 Å². The van der Waals surface area contributed by atoms with Crippen LogP contribution in [0.3, 0.4) is 0 Å². The second-order valence-electron chi connectivity index (χ2n) is 6.64. The maximum absolute atomic E-state index is 13.2. The van der Waals surface area contributed by atoms with Gasteiger partial charge in [-0.1, -0.05) is 13.3 Å². The molecule has 0 spiro atoms. The van der Waals surface area contributed by atoms with Crippen molar-refractivity contribution in [3.63, 3.8) is 0 Å². The van der Waals surface area contributed by atoms with Crippen LogP contribution in [0.1, 0.15) is 32.6 Å². The van der Waals surface area contributed by atoms with Gasteiger partial charge in [-0.3, -0.25) is 9.69 Å². The summed E-state index contributed by atoms with van der Waals surface area (Å²) in [5, 5.41) is 5.55. The first kappa shape index (κ1) is 20.5. The van der Waals surface area contributed by atoms with Gasteiger partial charge in [0.1, 0.15) is 6.04 Å². The molecule has 3 atom stereocenters. The van der Waals surface area contributed by atoms with Crippen LogP contribution < -0.4 is 10.6 Å². The molecule has 2 fully saturated rings. The number of hydrogen-bond donors (Lipinski definition) is 2. The summed E-state index contributed by atoms with van der Waals surface area (Å²) >= 11 is 0. The molecule has 0 bridgehead atoms. The maximum atomic E-state index is 13.2. The van der Waals surface area contributed by atoms with Crippen LogP contribution in [0.5, 0.6) is 0 Å². The number of halogens is 4. The van der Waals surface area contributed by atoms with E-state index in [9.17, 15) is 18.0 Å². The number of amides is 1. The fourth-order valence-corrected chi connectivity index (χ4v) is 3.50. The van der Waals surface area contributed by atoms with Gasteiger partial charge in [0.25, 0.3) is 0 Å². The zero-order valence-corrected chi connectivity index (χ0v) is 14.3. The van der Waals surface area contributed by atoms with Crippen molar-refractivity contribution in [3.8, 4) is 0 Å². The second-order valence-corrected chi connectivity index (χ2v) is 6.64. The molecule has 136 valence electrons. The third-order valence-electron chi connectivity index (χ3n) is 4.74. The van der Waals surface area contributed by atoms with E-state index in [2.05, 4.69) is 17.6 Å². The highest BCUT2D eigenvalue weighted by molar-refractivity contribution is 5.85. The van der Waals surface area contributed by atoms with Crippen LogP contribution in [0.15, 0.2) is 0 Å². The van der Waals surface area contributed by atoms with Crippen molar-refractivity contribution < 1.29 is 18.0 Å². The van der Waals surface area contributed by atoms with Crippen LogP contribution in [0.25, 0.3) is 0 Å². The third-order valence-corrected chi connectivity index (χ3v) is 4.74. The van der Waals surface area contributed by atoms with Gasteiger partial charge in [0.2, 0.25) is 5.91 Å². The molecule has 8 heteroatoms. The lowest BCUT2D eigenvalue weighted by Gasteiger charge is -2.36. The molecule has 1 aliphatic heterocycles. The molecule has 1 saturated heterocycles. The largest absolute Gasteiger partial charge is 0.405 e. The summed E-state index contributed by atoms with van der Waals surface area (Å²) in [5.41, 5.74) is 0. The Kier molecular flexibility index (Phi) is 8.10. The predicted molar refractivity (Wildman–Crippen MR) is 85.7 cm³/mol. The summed E-state index contributed by atoms with van der Waals surface area (Å²) < 4.78 is 39.6. The van der Waals surface area contributed by atoms with E-state index < -0.39 is 12.2 Å². The molecule has 2 rings (SSSR count). The van der Waals surface area contributed by atoms with E-state index in [1.807, 2.05) is 0 Å². The van der Waals surface area contributed by atoms with Gasteiger partial charge >= 0.3 is 6.18 Å². The molecule has 3 unspecified atom stereocenters. The predicted octanol–water partition coefficient (Wildman–Crippen LogP) is 2.19. The van der Waals surface area contributed by atoms with Crippen LogP contribution in [0, 0.1) is 11.8 Å². The van der Waals surface area contributed by atoms with Gasteiger partial charge in [-0.05, 0) is 24.7 Å². The fourth-order valence-electron chi connectivity index (χ4n) is 3.50. The topological polar surface area (TPSA) is 44.4 Å². The molecule has 0 aromatic carbocycles. The van der Waals surface area contributed by atoms with Gasteiger partial charge in [0.15, 0.2) is 0 Å². The highest BCUT2D eigenvalue weighted by Crippen LogP contribution is 2.32. The lowest BCUT2D eigenvalue weighted by Crippen LogP contribution is -2.57. The minimum Gasteiger partial charge on any atom is -0.354 e. The quantitative estimate of drug-likeness (QED) is 0.792. The Morgan fingerprint density at radius 3 is 2.48 bits per heavy atom. The van der Waals surface area contributed by atoms with E-state index in [0.29, 0.717) is 44.4 Å². The van der Waals surface area contributed by atoms with Crippen molar-refractivity contribution in [2.75, 3.05) is 32.7 Å². The third kappa shape index (κ3) is 6.47. The highest BCUT2D eigenvalue weighted by Gasteiger charge is 2.43. The van der Waals surface area contributed by atoms with Gasteiger partial charge in [0.05, 0.1) is 0 Å². The zero-order chi connectivity index (χ0) is 16.2. The van der Waals surface area contributed by atoms with Crippen LogP contribution in [0.2, 0.25) is 0 Å². The number of nitrogens with one attached hydrogen (secondary N) is 2. The highest BCUT2D eigenvalue weighted by atomic mass is 35.5. The Morgan fingerprint density at radius 2 is 1.96 bits per heavy atom. The van der Waals surface area contributed by atoms with Crippen molar-refractivity contribution in [3.05, 3.63) is 0 Å². The minimum atomic E-state index is -4.31. The number of nitrogens with zero attached hydrogens (tertiary/aromatic N) is 1. The van der Waals surface area contributed by atoms with E-state index in [1.165, 1.54) is 4.90 Å². The standard InChI is InChI=1S/C15H26F3N3O.ClH/c1-11-2-3-12(8-11)9-14(22)20-10-13(15(16,17)18)21-6-4-19-5-7-21;/h11-13,19H,2-10H2,1H3,(H,20,22);1H. The normalized spacial score (nSPS) is 27.3.